The van der Waals surface area contributed by atoms with Crippen LogP contribution in [0.25, 0.3) is 0 Å². The molecule has 0 spiro atoms. The zero-order valence-electron chi connectivity index (χ0n) is 7.03. The maximum Gasteiger partial charge on any atom is 0.170 e. The van der Waals surface area contributed by atoms with Gasteiger partial charge in [-0.05, 0) is 25.3 Å². The standard InChI is InChI=1S/C8H15NO2/c1-9-4-5-3-6(5)7(9)8(10)11-2/h5-8,10H,3-4H2,1-2H3/t5?,6?,7-,8?/m0/s1. The normalized spacial score (nSPS) is 45.5. The molecule has 4 atom stereocenters. The van der Waals surface area contributed by atoms with E-state index in [-0.39, 0.29) is 6.04 Å². The fraction of sp³-hybridized carbons (Fsp3) is 1.00. The smallest absolute Gasteiger partial charge is 0.170 e. The molecule has 0 amide bonds. The molecular weight excluding hydrogens is 142 g/mol. The number of hydrogen-bond donors (Lipinski definition) is 1. The van der Waals surface area contributed by atoms with Gasteiger partial charge in [0.05, 0.1) is 6.04 Å². The van der Waals surface area contributed by atoms with Crippen molar-refractivity contribution >= 4 is 0 Å². The van der Waals surface area contributed by atoms with Crippen LogP contribution < -0.4 is 0 Å². The van der Waals surface area contributed by atoms with Crippen LogP contribution in [0.4, 0.5) is 0 Å². The van der Waals surface area contributed by atoms with Crippen LogP contribution in [0.2, 0.25) is 0 Å². The van der Waals surface area contributed by atoms with Crippen molar-refractivity contribution in [3.8, 4) is 0 Å². The fourth-order valence-corrected chi connectivity index (χ4v) is 2.29. The average Bonchev–Trinajstić information content (AvgIpc) is 2.63. The number of fused-ring (bicyclic) bond motifs is 1. The minimum Gasteiger partial charge on any atom is -0.367 e. The molecule has 0 bridgehead atoms. The Labute approximate surface area is 66.9 Å². The molecule has 0 aromatic rings. The number of ether oxygens (including phenoxy) is 1. The molecule has 64 valence electrons. The van der Waals surface area contributed by atoms with E-state index in [0.717, 1.165) is 12.5 Å². The molecule has 0 aromatic heterocycles. The van der Waals surface area contributed by atoms with Gasteiger partial charge in [-0.3, -0.25) is 4.90 Å². The largest absolute Gasteiger partial charge is 0.367 e. The lowest BCUT2D eigenvalue weighted by molar-refractivity contribution is -0.119. The van der Waals surface area contributed by atoms with E-state index in [0.29, 0.717) is 5.92 Å². The van der Waals surface area contributed by atoms with Gasteiger partial charge in [-0.25, -0.2) is 0 Å². The Bertz CT molecular complexity index is 160. The molecule has 1 aliphatic heterocycles. The summed E-state index contributed by atoms with van der Waals surface area (Å²) in [5.74, 6) is 1.55. The first-order chi connectivity index (χ1) is 5.24. The molecule has 3 heteroatoms. The summed E-state index contributed by atoms with van der Waals surface area (Å²) in [7, 11) is 3.62. The van der Waals surface area contributed by atoms with E-state index in [2.05, 4.69) is 11.9 Å². The minimum atomic E-state index is -0.586. The fourth-order valence-electron chi connectivity index (χ4n) is 2.29. The monoisotopic (exact) mass is 157 g/mol. The summed E-state index contributed by atoms with van der Waals surface area (Å²) < 4.78 is 4.92. The lowest BCUT2D eigenvalue weighted by Gasteiger charge is -2.26. The lowest BCUT2D eigenvalue weighted by atomic mass is 10.2. The molecule has 0 aromatic carbocycles. The zero-order valence-corrected chi connectivity index (χ0v) is 7.03. The maximum atomic E-state index is 9.46. The van der Waals surface area contributed by atoms with Crippen molar-refractivity contribution in [1.82, 2.24) is 4.90 Å². The maximum absolute atomic E-state index is 9.46. The van der Waals surface area contributed by atoms with Crippen LogP contribution in [0, 0.1) is 11.8 Å². The third-order valence-corrected chi connectivity index (χ3v) is 2.98. The van der Waals surface area contributed by atoms with E-state index in [9.17, 15) is 5.11 Å². The van der Waals surface area contributed by atoms with E-state index < -0.39 is 6.29 Å². The number of methoxy groups -OCH3 is 1. The molecule has 2 aliphatic rings. The number of likely N-dealkylation sites (N-methyl/N-ethyl adjacent to an activating group) is 1. The summed E-state index contributed by atoms with van der Waals surface area (Å²) in [6.07, 6.45) is 0.701. The van der Waals surface area contributed by atoms with Crippen LogP contribution in [0.1, 0.15) is 6.42 Å². The highest BCUT2D eigenvalue weighted by Crippen LogP contribution is 2.49. The highest BCUT2D eigenvalue weighted by atomic mass is 16.6. The number of aliphatic hydroxyl groups excluding tert-OH is 1. The molecule has 2 rings (SSSR count). The van der Waals surface area contributed by atoms with E-state index in [4.69, 9.17) is 4.74 Å². The highest BCUT2D eigenvalue weighted by molar-refractivity contribution is 5.04. The van der Waals surface area contributed by atoms with E-state index >= 15 is 0 Å². The molecule has 1 N–H and O–H groups in total. The molecular formula is C8H15NO2. The third-order valence-electron chi connectivity index (χ3n) is 2.98. The van der Waals surface area contributed by atoms with Crippen molar-refractivity contribution < 1.29 is 9.84 Å². The predicted octanol–water partition coefficient (Wildman–Crippen LogP) is -0.0987. The lowest BCUT2D eigenvalue weighted by Crippen LogP contribution is -2.40. The van der Waals surface area contributed by atoms with Crippen LogP contribution in [-0.2, 0) is 4.74 Å². The second kappa shape index (κ2) is 2.44. The summed E-state index contributed by atoms with van der Waals surface area (Å²) >= 11 is 0. The topological polar surface area (TPSA) is 32.7 Å². The Kier molecular flexibility index (Phi) is 1.67. The van der Waals surface area contributed by atoms with Gasteiger partial charge in [0.25, 0.3) is 0 Å². The first-order valence-electron chi connectivity index (χ1n) is 4.15. The SMILES string of the molecule is COC(O)[C@@H]1C2CC2CN1C. The Morgan fingerprint density at radius 1 is 1.64 bits per heavy atom. The Morgan fingerprint density at radius 2 is 2.36 bits per heavy atom. The predicted molar refractivity (Wildman–Crippen MR) is 41.0 cm³/mol. The zero-order chi connectivity index (χ0) is 8.01. The number of piperidine rings is 1. The highest BCUT2D eigenvalue weighted by Gasteiger charge is 2.53. The summed E-state index contributed by atoms with van der Waals surface area (Å²) in [6, 6.07) is 0.255. The van der Waals surface area contributed by atoms with Crippen molar-refractivity contribution in [2.45, 2.75) is 18.8 Å². The van der Waals surface area contributed by atoms with E-state index in [1.54, 1.807) is 7.11 Å². The Morgan fingerprint density at radius 3 is 2.82 bits per heavy atom. The first-order valence-corrected chi connectivity index (χ1v) is 4.15. The molecule has 1 saturated carbocycles. The molecule has 11 heavy (non-hydrogen) atoms. The summed E-state index contributed by atoms with van der Waals surface area (Å²) in [5, 5.41) is 9.46. The van der Waals surface area contributed by atoms with Gasteiger partial charge < -0.3 is 9.84 Å². The van der Waals surface area contributed by atoms with Crippen molar-refractivity contribution in [3.63, 3.8) is 0 Å². The Balaban J connectivity index is 2.00. The van der Waals surface area contributed by atoms with Gasteiger partial charge in [-0.2, -0.15) is 0 Å². The summed E-state index contributed by atoms with van der Waals surface area (Å²) in [6.45, 7) is 1.13. The molecule has 0 radical (unpaired) electrons. The second-order valence-corrected chi connectivity index (χ2v) is 3.72. The van der Waals surface area contributed by atoms with Crippen molar-refractivity contribution in [2.75, 3.05) is 20.7 Å². The molecule has 1 heterocycles. The number of rotatable bonds is 2. The minimum absolute atomic E-state index is 0.255. The van der Waals surface area contributed by atoms with Crippen LogP contribution in [0.15, 0.2) is 0 Å². The summed E-state index contributed by atoms with van der Waals surface area (Å²) in [5.41, 5.74) is 0. The average molecular weight is 157 g/mol. The molecule has 3 nitrogen and oxygen atoms in total. The first kappa shape index (κ1) is 7.53. The van der Waals surface area contributed by atoms with Crippen LogP contribution >= 0.6 is 0 Å². The molecule has 1 aliphatic carbocycles. The van der Waals surface area contributed by atoms with Gasteiger partial charge in [0.2, 0.25) is 0 Å². The van der Waals surface area contributed by atoms with Gasteiger partial charge >= 0.3 is 0 Å². The van der Waals surface area contributed by atoms with Crippen LogP contribution in [0.3, 0.4) is 0 Å². The van der Waals surface area contributed by atoms with Crippen molar-refractivity contribution in [2.24, 2.45) is 11.8 Å². The van der Waals surface area contributed by atoms with Gasteiger partial charge in [-0.15, -0.1) is 0 Å². The number of aliphatic hydroxyl groups is 1. The Hall–Kier alpha value is -0.120. The number of likely N-dealkylation sites (tertiary alicyclic amines) is 1. The van der Waals surface area contributed by atoms with Crippen LogP contribution in [-0.4, -0.2) is 43.0 Å². The molecule has 2 fully saturated rings. The number of hydrogen-bond acceptors (Lipinski definition) is 3. The van der Waals surface area contributed by atoms with Crippen molar-refractivity contribution in [3.05, 3.63) is 0 Å². The van der Waals surface area contributed by atoms with Gasteiger partial charge in [0.1, 0.15) is 0 Å². The van der Waals surface area contributed by atoms with E-state index in [1.807, 2.05) is 0 Å². The molecule has 1 saturated heterocycles. The molecule has 3 unspecified atom stereocenters. The van der Waals surface area contributed by atoms with Gasteiger partial charge in [-0.1, -0.05) is 0 Å². The quantitative estimate of drug-likeness (QED) is 0.568. The van der Waals surface area contributed by atoms with E-state index in [1.165, 1.54) is 6.42 Å². The van der Waals surface area contributed by atoms with Crippen LogP contribution in [0.5, 0.6) is 0 Å². The summed E-state index contributed by atoms with van der Waals surface area (Å²) in [4.78, 5) is 2.20. The second-order valence-electron chi connectivity index (χ2n) is 3.72. The van der Waals surface area contributed by atoms with Crippen molar-refractivity contribution in [1.29, 1.82) is 0 Å². The van der Waals surface area contributed by atoms with Gasteiger partial charge in [0, 0.05) is 13.7 Å². The third kappa shape index (κ3) is 1.08. The number of nitrogens with zero attached hydrogens (tertiary/aromatic N) is 1. The van der Waals surface area contributed by atoms with Gasteiger partial charge in [0.15, 0.2) is 6.29 Å².